The number of morpholine rings is 1. The number of oxime groups is 1. The molecular weight excluding hydrogens is 280 g/mol. The third-order valence-electron chi connectivity index (χ3n) is 3.18. The van der Waals surface area contributed by atoms with Gasteiger partial charge in [0.05, 0.1) is 18.2 Å². The molecule has 6 heteroatoms. The summed E-state index contributed by atoms with van der Waals surface area (Å²) in [6, 6.07) is 7.25. The van der Waals surface area contributed by atoms with Crippen molar-refractivity contribution in [3.05, 3.63) is 46.6 Å². The van der Waals surface area contributed by atoms with Gasteiger partial charge in [-0.15, -0.1) is 0 Å². The van der Waals surface area contributed by atoms with Crippen molar-refractivity contribution in [3.63, 3.8) is 0 Å². The Morgan fingerprint density at radius 3 is 2.75 bits per heavy atom. The highest BCUT2D eigenvalue weighted by Crippen LogP contribution is 2.24. The average Bonchev–Trinajstić information content (AvgIpc) is 2.82. The fourth-order valence-electron chi connectivity index (χ4n) is 2.13. The summed E-state index contributed by atoms with van der Waals surface area (Å²) < 4.78 is 5.28. The maximum atomic E-state index is 11.8. The van der Waals surface area contributed by atoms with E-state index in [-0.39, 0.29) is 0 Å². The van der Waals surface area contributed by atoms with Gasteiger partial charge in [-0.05, 0) is 6.07 Å². The van der Waals surface area contributed by atoms with Crippen LogP contribution in [0.4, 0.5) is 0 Å². The van der Waals surface area contributed by atoms with Crippen LogP contribution in [0.5, 0.6) is 0 Å². The van der Waals surface area contributed by atoms with Crippen LogP contribution in [0, 0.1) is 0 Å². The van der Waals surface area contributed by atoms with Gasteiger partial charge in [0.15, 0.2) is 0 Å². The van der Waals surface area contributed by atoms with Crippen LogP contribution in [0.15, 0.2) is 41.2 Å². The van der Waals surface area contributed by atoms with Crippen LogP contribution < -0.4 is 0 Å². The number of ether oxygens (including phenoxy) is 1. The maximum Gasteiger partial charge on any atom is 0.369 e. The molecule has 104 valence electrons. The average molecular weight is 293 g/mol. The lowest BCUT2D eigenvalue weighted by Crippen LogP contribution is -2.33. The lowest BCUT2D eigenvalue weighted by Gasteiger charge is -2.25. The zero-order chi connectivity index (χ0) is 13.9. The van der Waals surface area contributed by atoms with Crippen LogP contribution >= 0.6 is 11.6 Å². The van der Waals surface area contributed by atoms with Crippen molar-refractivity contribution in [1.29, 1.82) is 0 Å². The maximum absolute atomic E-state index is 11.8. The van der Waals surface area contributed by atoms with E-state index >= 15 is 0 Å². The Bertz CT molecular complexity index is 592. The van der Waals surface area contributed by atoms with E-state index in [0.29, 0.717) is 35.1 Å². The quantitative estimate of drug-likeness (QED) is 0.616. The Morgan fingerprint density at radius 1 is 1.25 bits per heavy atom. The molecule has 0 atom stereocenters. The van der Waals surface area contributed by atoms with Gasteiger partial charge in [-0.1, -0.05) is 35.0 Å². The summed E-state index contributed by atoms with van der Waals surface area (Å²) in [6.07, 6.45) is 1.78. The van der Waals surface area contributed by atoms with Gasteiger partial charge < -0.3 is 14.5 Å². The Hall–Kier alpha value is -1.85. The standard InChI is InChI=1S/C14H13ClN2O3/c15-12-4-2-1-3-10(12)13-11(14(18)20-16-13)9-17-5-7-19-8-6-17/h1-4,9H,5-8H2/b11-9-. The lowest BCUT2D eigenvalue weighted by molar-refractivity contribution is -0.137. The largest absolute Gasteiger partial charge is 0.378 e. The zero-order valence-corrected chi connectivity index (χ0v) is 11.5. The third-order valence-corrected chi connectivity index (χ3v) is 3.51. The molecule has 0 spiro atoms. The van der Waals surface area contributed by atoms with Gasteiger partial charge in [-0.3, -0.25) is 0 Å². The highest BCUT2D eigenvalue weighted by Gasteiger charge is 2.29. The number of hydrogen-bond acceptors (Lipinski definition) is 5. The molecule has 0 bridgehead atoms. The summed E-state index contributed by atoms with van der Waals surface area (Å²) in [4.78, 5) is 18.7. The Morgan fingerprint density at radius 2 is 2.00 bits per heavy atom. The second-order valence-corrected chi connectivity index (χ2v) is 4.90. The smallest absolute Gasteiger partial charge is 0.369 e. The Labute approximate surface area is 121 Å². The van der Waals surface area contributed by atoms with E-state index in [1.807, 2.05) is 23.1 Å². The first kappa shape index (κ1) is 13.1. The molecule has 5 nitrogen and oxygen atoms in total. The third kappa shape index (κ3) is 2.55. The fourth-order valence-corrected chi connectivity index (χ4v) is 2.36. The Balaban J connectivity index is 1.92. The van der Waals surface area contributed by atoms with Crippen molar-refractivity contribution in [2.24, 2.45) is 5.16 Å². The van der Waals surface area contributed by atoms with Crippen molar-refractivity contribution in [3.8, 4) is 0 Å². The van der Waals surface area contributed by atoms with E-state index in [1.54, 1.807) is 12.3 Å². The minimum atomic E-state index is -0.452. The summed E-state index contributed by atoms with van der Waals surface area (Å²) in [5.41, 5.74) is 1.60. The van der Waals surface area contributed by atoms with Crippen LogP contribution in [-0.2, 0) is 14.4 Å². The first-order chi connectivity index (χ1) is 9.75. The number of carbonyl (C=O) groups excluding carboxylic acids is 1. The molecule has 0 N–H and O–H groups in total. The predicted molar refractivity (Wildman–Crippen MR) is 74.6 cm³/mol. The van der Waals surface area contributed by atoms with E-state index in [1.165, 1.54) is 0 Å². The molecule has 0 unspecified atom stereocenters. The summed E-state index contributed by atoms with van der Waals surface area (Å²) in [5.74, 6) is -0.452. The Kier molecular flexibility index (Phi) is 3.71. The topological polar surface area (TPSA) is 51.1 Å². The number of halogens is 1. The number of carbonyl (C=O) groups is 1. The fraction of sp³-hybridized carbons (Fsp3) is 0.286. The van der Waals surface area contributed by atoms with Gasteiger partial charge >= 0.3 is 5.97 Å². The molecule has 0 aliphatic carbocycles. The minimum absolute atomic E-state index is 0.431. The molecule has 2 heterocycles. The van der Waals surface area contributed by atoms with Gasteiger partial charge in [0, 0.05) is 24.9 Å². The molecule has 0 saturated carbocycles. The molecule has 20 heavy (non-hydrogen) atoms. The zero-order valence-electron chi connectivity index (χ0n) is 10.7. The molecule has 1 aromatic carbocycles. The molecule has 1 saturated heterocycles. The van der Waals surface area contributed by atoms with Crippen LogP contribution in [-0.4, -0.2) is 42.9 Å². The first-order valence-electron chi connectivity index (χ1n) is 6.34. The summed E-state index contributed by atoms with van der Waals surface area (Å²) in [6.45, 7) is 2.79. The van der Waals surface area contributed by atoms with E-state index < -0.39 is 5.97 Å². The molecule has 2 aliphatic heterocycles. The van der Waals surface area contributed by atoms with Crippen LogP contribution in [0.25, 0.3) is 0 Å². The van der Waals surface area contributed by atoms with Gasteiger partial charge in [-0.25, -0.2) is 4.79 Å². The molecule has 2 aliphatic rings. The highest BCUT2D eigenvalue weighted by atomic mass is 35.5. The molecule has 0 aromatic heterocycles. The van der Waals surface area contributed by atoms with Crippen molar-refractivity contribution >= 4 is 23.3 Å². The molecular formula is C14H13ClN2O3. The molecule has 3 rings (SSSR count). The second-order valence-electron chi connectivity index (χ2n) is 4.49. The van der Waals surface area contributed by atoms with Crippen molar-refractivity contribution in [1.82, 2.24) is 4.90 Å². The van der Waals surface area contributed by atoms with E-state index in [4.69, 9.17) is 21.2 Å². The normalized spacial score (nSPS) is 21.1. The number of rotatable bonds is 2. The monoisotopic (exact) mass is 292 g/mol. The molecule has 0 amide bonds. The number of nitrogens with zero attached hydrogens (tertiary/aromatic N) is 2. The molecule has 0 radical (unpaired) electrons. The van der Waals surface area contributed by atoms with Crippen molar-refractivity contribution in [2.75, 3.05) is 26.3 Å². The highest BCUT2D eigenvalue weighted by molar-refractivity contribution is 6.38. The number of hydrogen-bond donors (Lipinski definition) is 0. The molecule has 1 aromatic rings. The SMILES string of the molecule is O=C1ON=C(c2ccccc2Cl)/C1=C/N1CCOCC1. The first-order valence-corrected chi connectivity index (χ1v) is 6.72. The van der Waals surface area contributed by atoms with E-state index in [0.717, 1.165) is 13.1 Å². The van der Waals surface area contributed by atoms with Crippen LogP contribution in [0.2, 0.25) is 5.02 Å². The summed E-state index contributed by atoms with van der Waals surface area (Å²) in [5, 5.41) is 4.39. The predicted octanol–water partition coefficient (Wildman–Crippen LogP) is 1.82. The van der Waals surface area contributed by atoms with Crippen LogP contribution in [0.1, 0.15) is 5.56 Å². The van der Waals surface area contributed by atoms with E-state index in [9.17, 15) is 4.79 Å². The van der Waals surface area contributed by atoms with E-state index in [2.05, 4.69) is 5.16 Å². The van der Waals surface area contributed by atoms with Crippen molar-refractivity contribution in [2.45, 2.75) is 0 Å². The summed E-state index contributed by atoms with van der Waals surface area (Å²) in [7, 11) is 0. The van der Waals surface area contributed by atoms with Crippen molar-refractivity contribution < 1.29 is 14.4 Å². The van der Waals surface area contributed by atoms with Gasteiger partial charge in [0.1, 0.15) is 11.3 Å². The van der Waals surface area contributed by atoms with Gasteiger partial charge in [0.2, 0.25) is 0 Å². The minimum Gasteiger partial charge on any atom is -0.378 e. The molecule has 1 fully saturated rings. The van der Waals surface area contributed by atoms with Gasteiger partial charge in [0.25, 0.3) is 0 Å². The second kappa shape index (κ2) is 5.64. The van der Waals surface area contributed by atoms with Crippen LogP contribution in [0.3, 0.4) is 0 Å². The lowest BCUT2D eigenvalue weighted by atomic mass is 10.0. The number of benzene rings is 1. The summed E-state index contributed by atoms with van der Waals surface area (Å²) >= 11 is 6.15. The van der Waals surface area contributed by atoms with Gasteiger partial charge in [-0.2, -0.15) is 0 Å².